The minimum Gasteiger partial charge on any atom is -0.435 e. The molecular weight excluding hydrogens is 340 g/mol. The molecule has 0 aliphatic heterocycles. The summed E-state index contributed by atoms with van der Waals surface area (Å²) in [6.07, 6.45) is 0. The van der Waals surface area contributed by atoms with Crippen molar-refractivity contribution in [2.75, 3.05) is 0 Å². The van der Waals surface area contributed by atoms with Gasteiger partial charge in [0.25, 0.3) is 11.3 Å². The number of hydrogen-bond donors (Lipinski definition) is 0. The van der Waals surface area contributed by atoms with E-state index in [1.807, 2.05) is 26.0 Å². The highest BCUT2D eigenvalue weighted by Crippen LogP contribution is 2.28. The van der Waals surface area contributed by atoms with E-state index in [9.17, 15) is 4.79 Å². The minimum atomic E-state index is -0.506. The minimum absolute atomic E-state index is 0.0545. The van der Waals surface area contributed by atoms with Gasteiger partial charge >= 0.3 is 0 Å². The van der Waals surface area contributed by atoms with Crippen LogP contribution in [-0.2, 0) is 0 Å². The summed E-state index contributed by atoms with van der Waals surface area (Å²) in [6.45, 7) is 3.88. The summed E-state index contributed by atoms with van der Waals surface area (Å²) < 4.78 is 13.9. The van der Waals surface area contributed by atoms with Crippen molar-refractivity contribution in [2.24, 2.45) is 0 Å². The predicted molar refractivity (Wildman–Crippen MR) is 74.9 cm³/mol. The number of rotatable bonds is 2. The Morgan fingerprint density at radius 3 is 2.50 bits per heavy atom. The van der Waals surface area contributed by atoms with E-state index in [-0.39, 0.29) is 11.0 Å². The monoisotopic (exact) mass is 346 g/mol. The van der Waals surface area contributed by atoms with Crippen LogP contribution in [-0.4, -0.2) is 8.75 Å². The molecule has 0 fully saturated rings. The van der Waals surface area contributed by atoms with E-state index in [0.717, 1.165) is 27.3 Å². The Labute approximate surface area is 121 Å². The van der Waals surface area contributed by atoms with Gasteiger partial charge in [0, 0.05) is 4.47 Å². The maximum atomic E-state index is 11.6. The standard InChI is InChI=1S/C11H8BrClN2O2S/c1-5-3-7(4-6(2)8(5)12)17-11-9(16)10(13)14-18-15-11/h3-4H,1-2H3. The van der Waals surface area contributed by atoms with Gasteiger partial charge in [0.05, 0.1) is 11.7 Å². The van der Waals surface area contributed by atoms with Gasteiger partial charge in [0.1, 0.15) is 5.75 Å². The molecule has 0 spiro atoms. The first-order valence-corrected chi connectivity index (χ1v) is 6.86. The van der Waals surface area contributed by atoms with Crippen LogP contribution < -0.4 is 10.2 Å². The molecule has 1 heterocycles. The molecule has 0 atom stereocenters. The Bertz CT molecular complexity index is 637. The quantitative estimate of drug-likeness (QED) is 0.831. The number of ether oxygens (including phenoxy) is 1. The summed E-state index contributed by atoms with van der Waals surface area (Å²) in [4.78, 5) is 11.6. The number of hydrogen-bond acceptors (Lipinski definition) is 5. The predicted octanol–water partition coefficient (Wildman–Crippen LogP) is 3.72. The summed E-state index contributed by atoms with van der Waals surface area (Å²) in [5.74, 6) is 0.494. The van der Waals surface area contributed by atoms with Crippen molar-refractivity contribution >= 4 is 39.3 Å². The molecule has 2 rings (SSSR count). The van der Waals surface area contributed by atoms with Gasteiger partial charge in [-0.15, -0.1) is 4.37 Å². The van der Waals surface area contributed by atoms with E-state index in [1.165, 1.54) is 0 Å². The second-order valence-electron chi connectivity index (χ2n) is 3.66. The van der Waals surface area contributed by atoms with Crippen molar-refractivity contribution in [3.05, 3.63) is 43.1 Å². The molecule has 0 aliphatic rings. The lowest BCUT2D eigenvalue weighted by molar-refractivity contribution is 0.461. The first kappa shape index (κ1) is 13.5. The van der Waals surface area contributed by atoms with Gasteiger partial charge in [0.2, 0.25) is 0 Å². The van der Waals surface area contributed by atoms with Gasteiger partial charge in [-0.2, -0.15) is 4.37 Å². The Morgan fingerprint density at radius 1 is 1.28 bits per heavy atom. The van der Waals surface area contributed by atoms with Gasteiger partial charge < -0.3 is 4.74 Å². The van der Waals surface area contributed by atoms with Crippen LogP contribution in [0.3, 0.4) is 0 Å². The van der Waals surface area contributed by atoms with Crippen LogP contribution in [0.15, 0.2) is 21.4 Å². The fourth-order valence-electron chi connectivity index (χ4n) is 1.41. The summed E-state index contributed by atoms with van der Waals surface area (Å²) in [5.41, 5.74) is 1.52. The van der Waals surface area contributed by atoms with E-state index < -0.39 is 5.43 Å². The molecule has 0 saturated heterocycles. The molecule has 7 heteroatoms. The fraction of sp³-hybridized carbons (Fsp3) is 0.182. The number of aromatic nitrogens is 2. The van der Waals surface area contributed by atoms with E-state index >= 15 is 0 Å². The maximum Gasteiger partial charge on any atom is 0.283 e. The highest BCUT2D eigenvalue weighted by Gasteiger charge is 2.10. The third-order valence-electron chi connectivity index (χ3n) is 2.25. The second kappa shape index (κ2) is 5.34. The first-order chi connectivity index (χ1) is 8.49. The largest absolute Gasteiger partial charge is 0.435 e. The summed E-state index contributed by atoms with van der Waals surface area (Å²) in [5, 5.41) is -0.129. The zero-order valence-electron chi connectivity index (χ0n) is 9.53. The number of halogens is 2. The normalized spacial score (nSPS) is 10.4. The van der Waals surface area contributed by atoms with E-state index in [4.69, 9.17) is 16.3 Å². The molecule has 94 valence electrons. The number of aryl methyl sites for hydroxylation is 2. The van der Waals surface area contributed by atoms with Gasteiger partial charge in [-0.3, -0.25) is 4.79 Å². The van der Waals surface area contributed by atoms with Gasteiger partial charge in [-0.25, -0.2) is 0 Å². The molecule has 18 heavy (non-hydrogen) atoms. The van der Waals surface area contributed by atoms with E-state index in [1.54, 1.807) is 0 Å². The zero-order valence-corrected chi connectivity index (χ0v) is 12.7. The number of nitrogens with zero attached hydrogens (tertiary/aromatic N) is 2. The Kier molecular flexibility index (Phi) is 3.99. The summed E-state index contributed by atoms with van der Waals surface area (Å²) in [6, 6.07) is 3.63. The van der Waals surface area contributed by atoms with Crippen LogP contribution in [0.5, 0.6) is 11.6 Å². The Balaban J connectivity index is 2.41. The van der Waals surface area contributed by atoms with Crippen LogP contribution in [0.4, 0.5) is 0 Å². The Hall–Kier alpha value is -0.980. The van der Waals surface area contributed by atoms with Crippen molar-refractivity contribution in [3.8, 4) is 11.6 Å². The van der Waals surface area contributed by atoms with E-state index in [0.29, 0.717) is 5.75 Å². The van der Waals surface area contributed by atoms with Crippen molar-refractivity contribution in [3.63, 3.8) is 0 Å². The summed E-state index contributed by atoms with van der Waals surface area (Å²) >= 11 is 9.92. The molecule has 4 nitrogen and oxygen atoms in total. The highest BCUT2D eigenvalue weighted by atomic mass is 79.9. The third kappa shape index (κ3) is 2.71. The van der Waals surface area contributed by atoms with Crippen molar-refractivity contribution in [2.45, 2.75) is 13.8 Å². The molecule has 0 bridgehead atoms. The van der Waals surface area contributed by atoms with Crippen LogP contribution in [0.1, 0.15) is 11.1 Å². The lowest BCUT2D eigenvalue weighted by Gasteiger charge is -2.08. The van der Waals surface area contributed by atoms with Crippen LogP contribution in [0.2, 0.25) is 5.15 Å². The van der Waals surface area contributed by atoms with Crippen LogP contribution in [0, 0.1) is 13.8 Å². The van der Waals surface area contributed by atoms with E-state index in [2.05, 4.69) is 24.7 Å². The van der Waals surface area contributed by atoms with Gasteiger partial charge in [0.15, 0.2) is 5.15 Å². The van der Waals surface area contributed by atoms with Crippen molar-refractivity contribution in [1.82, 2.24) is 8.75 Å². The molecule has 2 aromatic rings. The molecule has 0 amide bonds. The van der Waals surface area contributed by atoms with Crippen LogP contribution >= 0.6 is 39.3 Å². The van der Waals surface area contributed by atoms with Gasteiger partial charge in [-0.05, 0) is 37.1 Å². The van der Waals surface area contributed by atoms with Crippen LogP contribution in [0.25, 0.3) is 0 Å². The molecule has 0 aliphatic carbocycles. The van der Waals surface area contributed by atoms with Gasteiger partial charge in [-0.1, -0.05) is 27.5 Å². The molecule has 0 unspecified atom stereocenters. The zero-order chi connectivity index (χ0) is 13.3. The first-order valence-electron chi connectivity index (χ1n) is 4.96. The van der Waals surface area contributed by atoms with Crippen molar-refractivity contribution < 1.29 is 4.74 Å². The molecule has 1 aromatic carbocycles. The average molecular weight is 348 g/mol. The average Bonchev–Trinajstić information content (AvgIpc) is 2.32. The fourth-order valence-corrected chi connectivity index (χ4v) is 2.20. The second-order valence-corrected chi connectivity index (χ2v) is 5.34. The third-order valence-corrected chi connectivity index (χ3v) is 4.37. The summed E-state index contributed by atoms with van der Waals surface area (Å²) in [7, 11) is 0. The lowest BCUT2D eigenvalue weighted by Crippen LogP contribution is -2.07. The maximum absolute atomic E-state index is 11.6. The highest BCUT2D eigenvalue weighted by molar-refractivity contribution is 9.10. The molecule has 1 aromatic heterocycles. The molecule has 0 N–H and O–H groups in total. The molecule has 0 saturated carbocycles. The molecule has 0 radical (unpaired) electrons. The number of benzene rings is 1. The lowest BCUT2D eigenvalue weighted by atomic mass is 10.1. The smallest absolute Gasteiger partial charge is 0.283 e. The topological polar surface area (TPSA) is 52.1 Å². The molecular formula is C11H8BrClN2O2S. The van der Waals surface area contributed by atoms with Crippen molar-refractivity contribution in [1.29, 1.82) is 0 Å². The Morgan fingerprint density at radius 2 is 1.89 bits per heavy atom. The SMILES string of the molecule is Cc1cc(Oc2nsnc(Cl)c2=O)cc(C)c1Br.